The van der Waals surface area contributed by atoms with E-state index in [-0.39, 0.29) is 0 Å². The van der Waals surface area contributed by atoms with E-state index < -0.39 is 0 Å². The molecule has 0 atom stereocenters. The third kappa shape index (κ3) is 2.78. The average Bonchev–Trinajstić information content (AvgIpc) is 3.16. The Kier molecular flexibility index (Phi) is 3.50. The van der Waals surface area contributed by atoms with Crippen molar-refractivity contribution >= 4 is 21.9 Å². The predicted octanol–water partition coefficient (Wildman–Crippen LogP) is 3.12. The Bertz CT molecular complexity index is 576. The van der Waals surface area contributed by atoms with Crippen molar-refractivity contribution in [3.8, 4) is 5.82 Å². The quantitative estimate of drug-likeness (QED) is 0.919. The lowest BCUT2D eigenvalue weighted by molar-refractivity contribution is 0.802. The molecule has 0 unspecified atom stereocenters. The zero-order valence-corrected chi connectivity index (χ0v) is 12.4. The van der Waals surface area contributed by atoms with Crippen LogP contribution in [0.2, 0.25) is 0 Å². The lowest BCUT2D eigenvalue weighted by Gasteiger charge is -2.07. The fourth-order valence-corrected chi connectivity index (χ4v) is 2.27. The van der Waals surface area contributed by atoms with Crippen LogP contribution in [0.3, 0.4) is 0 Å². The zero-order chi connectivity index (χ0) is 13.2. The van der Waals surface area contributed by atoms with E-state index in [1.54, 1.807) is 6.20 Å². The smallest absolute Gasteiger partial charge is 0.224 e. The highest BCUT2D eigenvalue weighted by Gasteiger charge is 2.26. The highest BCUT2D eigenvalue weighted by Crippen LogP contribution is 2.39. The van der Waals surface area contributed by atoms with Crippen LogP contribution in [0.15, 0.2) is 22.9 Å². The molecule has 2 aromatic heterocycles. The van der Waals surface area contributed by atoms with E-state index in [9.17, 15) is 0 Å². The number of rotatable bonds is 5. The molecule has 0 radical (unpaired) electrons. The molecule has 1 fully saturated rings. The molecule has 0 aromatic carbocycles. The van der Waals surface area contributed by atoms with Crippen LogP contribution in [0.4, 0.5) is 5.95 Å². The second-order valence-corrected chi connectivity index (χ2v) is 5.61. The maximum Gasteiger partial charge on any atom is 0.224 e. The Morgan fingerprint density at radius 2 is 2.32 bits per heavy atom. The summed E-state index contributed by atoms with van der Waals surface area (Å²) in [5, 5.41) is 7.78. The van der Waals surface area contributed by atoms with Gasteiger partial charge in [0.2, 0.25) is 5.95 Å². The van der Waals surface area contributed by atoms with Crippen LogP contribution < -0.4 is 5.32 Å². The number of hydrogen-bond donors (Lipinski definition) is 1. The fraction of sp³-hybridized carbons (Fsp3) is 0.462. The summed E-state index contributed by atoms with van der Waals surface area (Å²) in [6.45, 7) is 2.98. The van der Waals surface area contributed by atoms with Gasteiger partial charge in [-0.3, -0.25) is 0 Å². The Hall–Kier alpha value is -1.43. The maximum atomic E-state index is 4.59. The van der Waals surface area contributed by atoms with Gasteiger partial charge in [-0.1, -0.05) is 6.92 Å². The second kappa shape index (κ2) is 5.28. The van der Waals surface area contributed by atoms with Gasteiger partial charge < -0.3 is 5.32 Å². The summed E-state index contributed by atoms with van der Waals surface area (Å²) in [6, 6.07) is 2.07. The summed E-state index contributed by atoms with van der Waals surface area (Å²) < 4.78 is 2.66. The molecule has 5 nitrogen and oxygen atoms in total. The molecule has 0 aliphatic heterocycles. The van der Waals surface area contributed by atoms with Gasteiger partial charge in [0.05, 0.1) is 10.2 Å². The topological polar surface area (TPSA) is 55.6 Å². The van der Waals surface area contributed by atoms with Crippen LogP contribution in [0.1, 0.15) is 37.8 Å². The lowest BCUT2D eigenvalue weighted by atomic mass is 10.3. The van der Waals surface area contributed by atoms with E-state index in [1.807, 2.05) is 10.9 Å². The Morgan fingerprint density at radius 3 is 3.05 bits per heavy atom. The van der Waals surface area contributed by atoms with Gasteiger partial charge in [0.25, 0.3) is 0 Å². The molecule has 0 bridgehead atoms. The van der Waals surface area contributed by atoms with Crippen molar-refractivity contribution in [1.82, 2.24) is 19.7 Å². The van der Waals surface area contributed by atoms with E-state index in [0.29, 0.717) is 11.9 Å². The highest BCUT2D eigenvalue weighted by atomic mass is 79.9. The van der Waals surface area contributed by atoms with Crippen LogP contribution in [0.5, 0.6) is 0 Å². The van der Waals surface area contributed by atoms with E-state index in [2.05, 4.69) is 49.3 Å². The molecule has 1 saturated carbocycles. The first-order chi connectivity index (χ1) is 9.28. The summed E-state index contributed by atoms with van der Waals surface area (Å²) in [7, 11) is 0. The third-order valence-electron chi connectivity index (χ3n) is 3.08. The van der Waals surface area contributed by atoms with Gasteiger partial charge in [-0.25, -0.2) is 9.67 Å². The summed E-state index contributed by atoms with van der Waals surface area (Å²) in [5.74, 6) is 2.07. The first-order valence-corrected chi connectivity index (χ1v) is 7.39. The average molecular weight is 322 g/mol. The molecule has 0 saturated heterocycles. The number of hydrogen-bond acceptors (Lipinski definition) is 4. The van der Waals surface area contributed by atoms with Gasteiger partial charge in [-0.2, -0.15) is 10.1 Å². The number of aromatic nitrogens is 4. The molecule has 2 heterocycles. The fourth-order valence-electron chi connectivity index (χ4n) is 1.89. The Labute approximate surface area is 120 Å². The maximum absolute atomic E-state index is 4.59. The van der Waals surface area contributed by atoms with Crippen molar-refractivity contribution in [2.45, 2.75) is 32.1 Å². The lowest BCUT2D eigenvalue weighted by Crippen LogP contribution is -2.08. The van der Waals surface area contributed by atoms with Gasteiger partial charge >= 0.3 is 0 Å². The first-order valence-electron chi connectivity index (χ1n) is 6.60. The largest absolute Gasteiger partial charge is 0.354 e. The van der Waals surface area contributed by atoms with Gasteiger partial charge in [-0.15, -0.1) is 0 Å². The molecular weight excluding hydrogens is 306 g/mol. The molecule has 3 rings (SSSR count). The molecule has 1 aliphatic rings. The minimum absolute atomic E-state index is 0.642. The third-order valence-corrected chi connectivity index (χ3v) is 3.64. The first kappa shape index (κ1) is 12.6. The monoisotopic (exact) mass is 321 g/mol. The number of nitrogens with zero attached hydrogens (tertiary/aromatic N) is 4. The van der Waals surface area contributed by atoms with E-state index in [1.165, 1.54) is 12.8 Å². The SMILES string of the molecule is CCCNc1ncc(Br)c(-n2ccc(C3CC3)n2)n1. The van der Waals surface area contributed by atoms with E-state index in [4.69, 9.17) is 0 Å². The van der Waals surface area contributed by atoms with E-state index in [0.717, 1.165) is 29.0 Å². The molecule has 2 aromatic rings. The Balaban J connectivity index is 1.88. The van der Waals surface area contributed by atoms with Crippen LogP contribution in [0, 0.1) is 0 Å². The number of halogens is 1. The van der Waals surface area contributed by atoms with Crippen molar-refractivity contribution in [2.24, 2.45) is 0 Å². The molecule has 0 spiro atoms. The normalized spacial score (nSPS) is 14.6. The summed E-state index contributed by atoms with van der Waals surface area (Å²) in [4.78, 5) is 8.75. The highest BCUT2D eigenvalue weighted by molar-refractivity contribution is 9.10. The molecule has 100 valence electrons. The van der Waals surface area contributed by atoms with Crippen LogP contribution in [-0.2, 0) is 0 Å². The number of nitrogens with one attached hydrogen (secondary N) is 1. The van der Waals surface area contributed by atoms with Crippen LogP contribution in [-0.4, -0.2) is 26.3 Å². The molecule has 19 heavy (non-hydrogen) atoms. The van der Waals surface area contributed by atoms with Gasteiger partial charge in [0.15, 0.2) is 5.82 Å². The van der Waals surface area contributed by atoms with Gasteiger partial charge in [0, 0.05) is 24.9 Å². The molecule has 1 aliphatic carbocycles. The standard InChI is InChI=1S/C13H16BrN5/c1-2-6-15-13-16-8-10(14)12(17-13)19-7-5-11(18-19)9-3-4-9/h5,7-9H,2-4,6H2,1H3,(H,15,16,17). The van der Waals surface area contributed by atoms with Gasteiger partial charge in [-0.05, 0) is 41.3 Å². The summed E-state index contributed by atoms with van der Waals surface area (Å²) in [5.41, 5.74) is 1.16. The van der Waals surface area contributed by atoms with Gasteiger partial charge in [0.1, 0.15) is 0 Å². The molecular formula is C13H16BrN5. The minimum Gasteiger partial charge on any atom is -0.354 e. The molecule has 1 N–H and O–H groups in total. The Morgan fingerprint density at radius 1 is 1.47 bits per heavy atom. The number of anilines is 1. The van der Waals surface area contributed by atoms with Crippen molar-refractivity contribution in [1.29, 1.82) is 0 Å². The van der Waals surface area contributed by atoms with E-state index >= 15 is 0 Å². The van der Waals surface area contributed by atoms with Crippen molar-refractivity contribution in [2.75, 3.05) is 11.9 Å². The summed E-state index contributed by atoms with van der Waals surface area (Å²) in [6.07, 6.45) is 7.28. The zero-order valence-electron chi connectivity index (χ0n) is 10.8. The van der Waals surface area contributed by atoms with Crippen LogP contribution >= 0.6 is 15.9 Å². The van der Waals surface area contributed by atoms with Crippen molar-refractivity contribution < 1.29 is 0 Å². The minimum atomic E-state index is 0.642. The predicted molar refractivity (Wildman–Crippen MR) is 77.6 cm³/mol. The molecule has 0 amide bonds. The van der Waals surface area contributed by atoms with Crippen molar-refractivity contribution in [3.63, 3.8) is 0 Å². The van der Waals surface area contributed by atoms with Crippen LogP contribution in [0.25, 0.3) is 5.82 Å². The second-order valence-electron chi connectivity index (χ2n) is 4.75. The van der Waals surface area contributed by atoms with Crippen molar-refractivity contribution in [3.05, 3.63) is 28.6 Å². The molecule has 6 heteroatoms. The summed E-state index contributed by atoms with van der Waals surface area (Å²) >= 11 is 3.48.